The summed E-state index contributed by atoms with van der Waals surface area (Å²) in [6.45, 7) is 3.95. The van der Waals surface area contributed by atoms with Crippen LogP contribution >= 0.6 is 15.9 Å². The van der Waals surface area contributed by atoms with Gasteiger partial charge in [0.15, 0.2) is 23.9 Å². The van der Waals surface area contributed by atoms with Crippen LogP contribution in [-0.2, 0) is 4.79 Å². The summed E-state index contributed by atoms with van der Waals surface area (Å²) in [5.41, 5.74) is 1.69. The lowest BCUT2D eigenvalue weighted by atomic mass is 10.1. The van der Waals surface area contributed by atoms with Crippen molar-refractivity contribution in [3.05, 3.63) is 64.7 Å². The van der Waals surface area contributed by atoms with Gasteiger partial charge in [0.25, 0.3) is 5.91 Å². The van der Waals surface area contributed by atoms with Gasteiger partial charge in [-0.2, -0.15) is 0 Å². The van der Waals surface area contributed by atoms with Crippen molar-refractivity contribution in [2.45, 2.75) is 0 Å². The van der Waals surface area contributed by atoms with Crippen molar-refractivity contribution in [3.63, 3.8) is 0 Å². The van der Waals surface area contributed by atoms with E-state index in [0.717, 1.165) is 5.56 Å². The monoisotopic (exact) mass is 443 g/mol. The van der Waals surface area contributed by atoms with Crippen LogP contribution in [0.25, 0.3) is 6.08 Å². The molecule has 0 atom stereocenters. The molecule has 1 amide bonds. The molecule has 7 heteroatoms. The Balaban J connectivity index is 1.80. The summed E-state index contributed by atoms with van der Waals surface area (Å²) in [6.07, 6.45) is 4.78. The number of benzene rings is 2. The Hall–Kier alpha value is -3.06. The number of hydrogen-bond acceptors (Lipinski definition) is 5. The van der Waals surface area contributed by atoms with Gasteiger partial charge in [0, 0.05) is 5.56 Å². The first-order valence-electron chi connectivity index (χ1n) is 8.42. The zero-order valence-electron chi connectivity index (χ0n) is 15.2. The van der Waals surface area contributed by atoms with E-state index in [0.29, 0.717) is 39.6 Å². The maximum Gasteiger partial charge on any atom is 0.262 e. The van der Waals surface area contributed by atoms with E-state index in [1.165, 1.54) is 6.08 Å². The molecule has 144 valence electrons. The predicted molar refractivity (Wildman–Crippen MR) is 110 cm³/mol. The number of fused-ring (bicyclic) bond motifs is 1. The normalized spacial score (nSPS) is 12.7. The van der Waals surface area contributed by atoms with Crippen LogP contribution in [0.4, 0.5) is 5.69 Å². The minimum atomic E-state index is -0.247. The molecule has 0 aliphatic carbocycles. The largest absolute Gasteiger partial charge is 0.493 e. The number of rotatable bonds is 7. The lowest BCUT2D eigenvalue weighted by Gasteiger charge is -2.18. The van der Waals surface area contributed by atoms with Gasteiger partial charge < -0.3 is 19.5 Å². The van der Waals surface area contributed by atoms with Crippen LogP contribution in [0.15, 0.2) is 53.5 Å². The van der Waals surface area contributed by atoms with Crippen LogP contribution in [0.2, 0.25) is 0 Å². The van der Waals surface area contributed by atoms with Crippen LogP contribution in [0.5, 0.6) is 17.2 Å². The molecule has 0 bridgehead atoms. The second-order valence-electron chi connectivity index (χ2n) is 5.88. The molecule has 1 aliphatic heterocycles. The summed E-state index contributed by atoms with van der Waals surface area (Å²) >= 11 is 3.46. The van der Waals surface area contributed by atoms with Crippen molar-refractivity contribution in [2.75, 3.05) is 25.6 Å². The lowest BCUT2D eigenvalue weighted by Crippen LogP contribution is -2.25. The van der Waals surface area contributed by atoms with Crippen LogP contribution in [0.3, 0.4) is 0 Å². The molecule has 0 radical (unpaired) electrons. The molecular weight excluding hydrogens is 426 g/mol. The smallest absolute Gasteiger partial charge is 0.262 e. The standard InChI is InChI=1S/C21H18BrNO5/c1-3-8-27-21-15(22)9-13(10-19(21)26-2)4-6-17(24)14-5-7-18-16(11-14)23-20(25)12-28-18/h3-7,9-11H,1,8,12H2,2H3,(H,23,25). The van der Waals surface area contributed by atoms with E-state index in [9.17, 15) is 9.59 Å². The third-order valence-electron chi connectivity index (χ3n) is 3.92. The van der Waals surface area contributed by atoms with E-state index in [2.05, 4.69) is 27.8 Å². The minimum absolute atomic E-state index is 0.0244. The number of halogens is 1. The van der Waals surface area contributed by atoms with Gasteiger partial charge in [0.1, 0.15) is 12.4 Å². The van der Waals surface area contributed by atoms with Crippen LogP contribution in [0, 0.1) is 0 Å². The zero-order valence-corrected chi connectivity index (χ0v) is 16.7. The maximum atomic E-state index is 12.5. The summed E-state index contributed by atoms with van der Waals surface area (Å²) in [5.74, 6) is 1.20. The van der Waals surface area contributed by atoms with Gasteiger partial charge in [0.05, 0.1) is 17.3 Å². The summed E-state index contributed by atoms with van der Waals surface area (Å²) in [5, 5.41) is 2.69. The molecule has 0 aromatic heterocycles. The van der Waals surface area contributed by atoms with Crippen LogP contribution in [-0.4, -0.2) is 32.0 Å². The van der Waals surface area contributed by atoms with Gasteiger partial charge in [-0.05, 0) is 57.9 Å². The molecule has 0 saturated heterocycles. The molecule has 1 aliphatic rings. The number of ketones is 1. The molecule has 0 saturated carbocycles. The van der Waals surface area contributed by atoms with Crippen molar-refractivity contribution in [2.24, 2.45) is 0 Å². The zero-order chi connectivity index (χ0) is 20.1. The van der Waals surface area contributed by atoms with Gasteiger partial charge in [-0.1, -0.05) is 18.7 Å². The predicted octanol–water partition coefficient (Wildman–Crippen LogP) is 4.25. The number of carbonyl (C=O) groups excluding carboxylic acids is 2. The van der Waals surface area contributed by atoms with Gasteiger partial charge >= 0.3 is 0 Å². The molecule has 0 unspecified atom stereocenters. The highest BCUT2D eigenvalue weighted by Crippen LogP contribution is 2.37. The molecule has 6 nitrogen and oxygen atoms in total. The van der Waals surface area contributed by atoms with E-state index in [-0.39, 0.29) is 18.3 Å². The van der Waals surface area contributed by atoms with Crippen LogP contribution < -0.4 is 19.5 Å². The average molecular weight is 444 g/mol. The maximum absolute atomic E-state index is 12.5. The highest BCUT2D eigenvalue weighted by Gasteiger charge is 2.17. The summed E-state index contributed by atoms with van der Waals surface area (Å²) in [6, 6.07) is 8.52. The SMILES string of the molecule is C=CCOc1c(Br)cc(C=CC(=O)c2ccc3c(c2)NC(=O)CO3)cc1OC. The number of nitrogens with one attached hydrogen (secondary N) is 1. The van der Waals surface area contributed by atoms with Crippen molar-refractivity contribution in [1.82, 2.24) is 0 Å². The average Bonchev–Trinajstić information content (AvgIpc) is 2.70. The van der Waals surface area contributed by atoms with E-state index in [1.807, 2.05) is 6.07 Å². The lowest BCUT2D eigenvalue weighted by molar-refractivity contribution is -0.118. The molecule has 0 fully saturated rings. The van der Waals surface area contributed by atoms with Gasteiger partial charge in [-0.3, -0.25) is 9.59 Å². The number of hydrogen-bond donors (Lipinski definition) is 1. The summed E-state index contributed by atoms with van der Waals surface area (Å²) < 4.78 is 17.0. The molecule has 2 aromatic carbocycles. The Labute approximate surface area is 170 Å². The Morgan fingerprint density at radius 1 is 1.36 bits per heavy atom. The second-order valence-corrected chi connectivity index (χ2v) is 6.73. The van der Waals surface area contributed by atoms with E-state index in [4.69, 9.17) is 14.2 Å². The van der Waals surface area contributed by atoms with E-state index in [1.54, 1.807) is 43.5 Å². The fourth-order valence-electron chi connectivity index (χ4n) is 2.62. The van der Waals surface area contributed by atoms with Crippen LogP contribution in [0.1, 0.15) is 15.9 Å². The van der Waals surface area contributed by atoms with Gasteiger partial charge in [0.2, 0.25) is 0 Å². The molecule has 3 rings (SSSR count). The Morgan fingerprint density at radius 2 is 2.18 bits per heavy atom. The summed E-state index contributed by atoms with van der Waals surface area (Å²) in [7, 11) is 1.55. The topological polar surface area (TPSA) is 73.9 Å². The highest BCUT2D eigenvalue weighted by atomic mass is 79.9. The summed E-state index contributed by atoms with van der Waals surface area (Å²) in [4.78, 5) is 24.0. The fourth-order valence-corrected chi connectivity index (χ4v) is 3.20. The Morgan fingerprint density at radius 3 is 2.93 bits per heavy atom. The van der Waals surface area contributed by atoms with Crippen molar-refractivity contribution in [3.8, 4) is 17.2 Å². The molecule has 1 N–H and O–H groups in total. The quantitative estimate of drug-likeness (QED) is 0.393. The first-order chi connectivity index (χ1) is 13.5. The minimum Gasteiger partial charge on any atom is -0.493 e. The number of methoxy groups -OCH3 is 1. The van der Waals surface area contributed by atoms with Gasteiger partial charge in [-0.15, -0.1) is 0 Å². The second kappa shape index (κ2) is 8.75. The Bertz CT molecular complexity index is 968. The molecular formula is C21H18BrNO5. The molecule has 1 heterocycles. The fraction of sp³-hybridized carbons (Fsp3) is 0.143. The molecule has 0 spiro atoms. The van der Waals surface area contributed by atoms with Crippen molar-refractivity contribution in [1.29, 1.82) is 0 Å². The van der Waals surface area contributed by atoms with E-state index >= 15 is 0 Å². The van der Waals surface area contributed by atoms with Gasteiger partial charge in [-0.25, -0.2) is 0 Å². The first-order valence-corrected chi connectivity index (χ1v) is 9.21. The number of ether oxygens (including phenoxy) is 3. The molecule has 2 aromatic rings. The third kappa shape index (κ3) is 4.43. The third-order valence-corrected chi connectivity index (χ3v) is 4.51. The Kier molecular flexibility index (Phi) is 6.16. The number of carbonyl (C=O) groups is 2. The van der Waals surface area contributed by atoms with E-state index < -0.39 is 0 Å². The number of amides is 1. The van der Waals surface area contributed by atoms with Crippen molar-refractivity contribution < 1.29 is 23.8 Å². The highest BCUT2D eigenvalue weighted by molar-refractivity contribution is 9.10. The molecule has 28 heavy (non-hydrogen) atoms. The number of allylic oxidation sites excluding steroid dienone is 1. The van der Waals surface area contributed by atoms with Crippen molar-refractivity contribution >= 4 is 39.4 Å². The number of anilines is 1. The first kappa shape index (κ1) is 19.7.